The van der Waals surface area contributed by atoms with Crippen LogP contribution in [-0.2, 0) is 19.1 Å². The summed E-state index contributed by atoms with van der Waals surface area (Å²) in [6.45, 7) is 11.3. The van der Waals surface area contributed by atoms with Crippen LogP contribution in [0.5, 0.6) is 0 Å². The molecule has 1 rings (SSSR count). The summed E-state index contributed by atoms with van der Waals surface area (Å²) in [6.07, 6.45) is 0.510. The largest absolute Gasteiger partial charge is 0.469 e. The molecule has 2 amide bonds. The van der Waals surface area contributed by atoms with Crippen molar-refractivity contribution in [1.82, 2.24) is 10.6 Å². The van der Waals surface area contributed by atoms with E-state index in [2.05, 4.69) is 15.4 Å². The van der Waals surface area contributed by atoms with E-state index in [0.717, 1.165) is 4.90 Å². The number of benzene rings is 1. The van der Waals surface area contributed by atoms with E-state index >= 15 is 0 Å². The van der Waals surface area contributed by atoms with Gasteiger partial charge in [-0.15, -0.1) is 11.8 Å². The zero-order valence-electron chi connectivity index (χ0n) is 21.0. The van der Waals surface area contributed by atoms with Gasteiger partial charge in [0.05, 0.1) is 19.6 Å². The number of aliphatic hydroxyl groups excluding tert-OH is 1. The smallest absolute Gasteiger partial charge is 0.305 e. The molecule has 0 fully saturated rings. The van der Waals surface area contributed by atoms with Crippen LogP contribution in [0.2, 0.25) is 0 Å². The molecule has 0 aliphatic heterocycles. The number of carbonyl (C=O) groups excluding carboxylic acids is 3. The van der Waals surface area contributed by atoms with Gasteiger partial charge in [-0.25, -0.2) is 0 Å². The van der Waals surface area contributed by atoms with Gasteiger partial charge in [-0.2, -0.15) is 0 Å². The summed E-state index contributed by atoms with van der Waals surface area (Å²) in [5.41, 5.74) is -1.15. The quantitative estimate of drug-likeness (QED) is 0.293. The minimum absolute atomic E-state index is 0.0248. The van der Waals surface area contributed by atoms with Gasteiger partial charge in [0.2, 0.25) is 11.8 Å². The third kappa shape index (κ3) is 11.6. The molecule has 1 aromatic carbocycles. The molecule has 1 aromatic rings. The summed E-state index contributed by atoms with van der Waals surface area (Å²) < 4.78 is 4.10. The highest BCUT2D eigenvalue weighted by Crippen LogP contribution is 2.36. The Balaban J connectivity index is 2.50. The zero-order valence-corrected chi connectivity index (χ0v) is 21.8. The molecule has 0 bridgehead atoms. The van der Waals surface area contributed by atoms with Crippen molar-refractivity contribution in [3.05, 3.63) is 30.3 Å². The molecular weight excluding hydrogens is 440 g/mol. The second kappa shape index (κ2) is 12.4. The molecule has 1 atom stereocenters. The standard InChI is InChI=1S/C25H40N2O5S/c1-23(2,15-13-20(29)26-24(3,4)16-14-22(31)32-7)27-21(30)17-19(28)25(5,6)33-18-11-9-8-10-12-18/h8-12,19,28H,13-17H2,1-7H3,(H,26,29)(H,27,30). The van der Waals surface area contributed by atoms with Gasteiger partial charge in [0, 0.05) is 33.6 Å². The van der Waals surface area contributed by atoms with Gasteiger partial charge in [0.1, 0.15) is 0 Å². The van der Waals surface area contributed by atoms with Crippen molar-refractivity contribution in [2.45, 2.75) is 100 Å². The normalized spacial score (nSPS) is 13.2. The van der Waals surface area contributed by atoms with Crippen molar-refractivity contribution < 1.29 is 24.2 Å². The molecule has 186 valence electrons. The highest BCUT2D eigenvalue weighted by atomic mass is 32.2. The molecule has 0 aliphatic rings. The van der Waals surface area contributed by atoms with E-state index in [1.54, 1.807) is 0 Å². The second-order valence-electron chi connectivity index (χ2n) is 10.2. The number of esters is 1. The first kappa shape index (κ1) is 29.0. The maximum atomic E-state index is 12.6. The minimum Gasteiger partial charge on any atom is -0.469 e. The van der Waals surface area contributed by atoms with Gasteiger partial charge in [-0.3, -0.25) is 14.4 Å². The number of aliphatic hydroxyl groups is 1. The molecule has 0 spiro atoms. The lowest BCUT2D eigenvalue weighted by molar-refractivity contribution is -0.141. The van der Waals surface area contributed by atoms with E-state index in [9.17, 15) is 19.5 Å². The van der Waals surface area contributed by atoms with Gasteiger partial charge < -0.3 is 20.5 Å². The average Bonchev–Trinajstić information content (AvgIpc) is 2.70. The number of amides is 2. The van der Waals surface area contributed by atoms with E-state index in [-0.39, 0.29) is 37.0 Å². The Morgan fingerprint density at radius 2 is 1.42 bits per heavy atom. The van der Waals surface area contributed by atoms with E-state index in [1.807, 2.05) is 71.9 Å². The number of hydrogen-bond donors (Lipinski definition) is 3. The van der Waals surface area contributed by atoms with E-state index in [0.29, 0.717) is 12.8 Å². The van der Waals surface area contributed by atoms with Crippen molar-refractivity contribution in [1.29, 1.82) is 0 Å². The highest BCUT2D eigenvalue weighted by Gasteiger charge is 2.32. The SMILES string of the molecule is COC(=O)CCC(C)(C)NC(=O)CCC(C)(C)NC(=O)CC(O)C(C)(C)Sc1ccccc1. The Morgan fingerprint density at radius 1 is 0.909 bits per heavy atom. The summed E-state index contributed by atoms with van der Waals surface area (Å²) in [7, 11) is 1.34. The highest BCUT2D eigenvalue weighted by molar-refractivity contribution is 8.00. The Kier molecular flexibility index (Phi) is 10.9. The molecule has 1 unspecified atom stereocenters. The lowest BCUT2D eigenvalue weighted by Gasteiger charge is -2.32. The molecule has 33 heavy (non-hydrogen) atoms. The molecule has 0 aliphatic carbocycles. The monoisotopic (exact) mass is 480 g/mol. The molecule has 0 saturated carbocycles. The number of ether oxygens (including phenoxy) is 1. The van der Waals surface area contributed by atoms with Crippen molar-refractivity contribution in [3.8, 4) is 0 Å². The van der Waals surface area contributed by atoms with Crippen LogP contribution in [0.1, 0.15) is 73.6 Å². The van der Waals surface area contributed by atoms with Crippen molar-refractivity contribution in [3.63, 3.8) is 0 Å². The lowest BCUT2D eigenvalue weighted by Crippen LogP contribution is -2.48. The Labute approximate surface area is 202 Å². The number of rotatable bonds is 13. The van der Waals surface area contributed by atoms with Gasteiger partial charge in [0.15, 0.2) is 0 Å². The molecule has 3 N–H and O–H groups in total. The molecule has 0 radical (unpaired) electrons. The van der Waals surface area contributed by atoms with Crippen LogP contribution < -0.4 is 10.6 Å². The summed E-state index contributed by atoms with van der Waals surface area (Å²) in [6, 6.07) is 9.77. The Bertz CT molecular complexity index is 793. The van der Waals surface area contributed by atoms with Gasteiger partial charge in [-0.1, -0.05) is 18.2 Å². The number of hydrogen-bond acceptors (Lipinski definition) is 6. The number of nitrogens with one attached hydrogen (secondary N) is 2. The van der Waals surface area contributed by atoms with Crippen LogP contribution in [0.25, 0.3) is 0 Å². The number of carbonyl (C=O) groups is 3. The molecule has 8 heteroatoms. The van der Waals surface area contributed by atoms with Gasteiger partial charge >= 0.3 is 5.97 Å². The predicted octanol–water partition coefficient (Wildman–Crippen LogP) is 3.83. The topological polar surface area (TPSA) is 105 Å². The summed E-state index contributed by atoms with van der Waals surface area (Å²) in [5, 5.41) is 16.6. The van der Waals surface area contributed by atoms with Crippen LogP contribution >= 0.6 is 11.8 Å². The molecule has 0 aromatic heterocycles. The molecule has 7 nitrogen and oxygen atoms in total. The maximum absolute atomic E-state index is 12.6. The van der Waals surface area contributed by atoms with Gasteiger partial charge in [0.25, 0.3) is 0 Å². The third-order valence-corrected chi connectivity index (χ3v) is 6.73. The fourth-order valence-electron chi connectivity index (χ4n) is 3.22. The number of methoxy groups -OCH3 is 1. The molecule has 0 heterocycles. The van der Waals surface area contributed by atoms with Crippen LogP contribution in [0.3, 0.4) is 0 Å². The zero-order chi connectivity index (χ0) is 25.3. The first-order valence-electron chi connectivity index (χ1n) is 11.3. The van der Waals surface area contributed by atoms with E-state index in [4.69, 9.17) is 0 Å². The first-order valence-corrected chi connectivity index (χ1v) is 12.1. The predicted molar refractivity (Wildman–Crippen MR) is 132 cm³/mol. The minimum atomic E-state index is -0.836. The molecular formula is C25H40N2O5S. The fourth-order valence-corrected chi connectivity index (χ4v) is 4.34. The third-order valence-electron chi connectivity index (χ3n) is 5.42. The Hall–Kier alpha value is -2.06. The fraction of sp³-hybridized carbons (Fsp3) is 0.640. The van der Waals surface area contributed by atoms with Crippen LogP contribution in [-0.4, -0.2) is 51.9 Å². The van der Waals surface area contributed by atoms with Gasteiger partial charge in [-0.05, 0) is 66.5 Å². The lowest BCUT2D eigenvalue weighted by atomic mass is 9.95. The molecule has 0 saturated heterocycles. The van der Waals surface area contributed by atoms with Crippen LogP contribution in [0, 0.1) is 0 Å². The number of thioether (sulfide) groups is 1. The first-order chi connectivity index (χ1) is 15.2. The summed E-state index contributed by atoms with van der Waals surface area (Å²) >= 11 is 1.53. The van der Waals surface area contributed by atoms with Crippen LogP contribution in [0.15, 0.2) is 35.2 Å². The summed E-state index contributed by atoms with van der Waals surface area (Å²) in [5.74, 6) is -0.714. The second-order valence-corrected chi connectivity index (χ2v) is 11.9. The van der Waals surface area contributed by atoms with Crippen LogP contribution in [0.4, 0.5) is 0 Å². The van der Waals surface area contributed by atoms with Crippen molar-refractivity contribution in [2.24, 2.45) is 0 Å². The van der Waals surface area contributed by atoms with Crippen molar-refractivity contribution in [2.75, 3.05) is 7.11 Å². The average molecular weight is 481 g/mol. The maximum Gasteiger partial charge on any atom is 0.305 e. The van der Waals surface area contributed by atoms with E-state index in [1.165, 1.54) is 18.9 Å². The van der Waals surface area contributed by atoms with E-state index < -0.39 is 21.9 Å². The Morgan fingerprint density at radius 3 is 1.97 bits per heavy atom. The summed E-state index contributed by atoms with van der Waals surface area (Å²) in [4.78, 5) is 37.4. The van der Waals surface area contributed by atoms with Crippen molar-refractivity contribution >= 4 is 29.5 Å².